The van der Waals surface area contributed by atoms with Crippen LogP contribution >= 0.6 is 0 Å². The number of amides is 1. The quantitative estimate of drug-likeness (QED) is 0.876. The average Bonchev–Trinajstić information content (AvgIpc) is 2.45. The lowest BCUT2D eigenvalue weighted by Crippen LogP contribution is -2.33. The molecular weight excluding hydrogens is 326 g/mol. The summed E-state index contributed by atoms with van der Waals surface area (Å²) in [5.74, 6) is -3.11. The van der Waals surface area contributed by atoms with E-state index in [2.05, 4.69) is 5.32 Å². The van der Waals surface area contributed by atoms with E-state index in [1.165, 1.54) is 0 Å². The van der Waals surface area contributed by atoms with Gasteiger partial charge < -0.3 is 5.32 Å². The van der Waals surface area contributed by atoms with Crippen LogP contribution in [0.5, 0.6) is 0 Å². The Morgan fingerprint density at radius 1 is 1.09 bits per heavy atom. The van der Waals surface area contributed by atoms with Crippen molar-refractivity contribution in [2.45, 2.75) is 11.8 Å². The number of aryl methyl sites for hydroxylation is 1. The van der Waals surface area contributed by atoms with Crippen LogP contribution in [0.1, 0.15) is 5.56 Å². The molecule has 2 N–H and O–H groups in total. The molecule has 0 spiro atoms. The second-order valence-corrected chi connectivity index (χ2v) is 6.50. The zero-order chi connectivity index (χ0) is 17.0. The normalized spacial score (nSPS) is 11.3. The molecule has 0 aliphatic heterocycles. The van der Waals surface area contributed by atoms with Crippen LogP contribution in [0.3, 0.4) is 0 Å². The molecule has 0 aliphatic rings. The third kappa shape index (κ3) is 4.33. The van der Waals surface area contributed by atoms with Gasteiger partial charge in [0.2, 0.25) is 15.9 Å². The summed E-state index contributed by atoms with van der Waals surface area (Å²) in [6.45, 7) is 1.18. The van der Waals surface area contributed by atoms with Crippen LogP contribution in [0.15, 0.2) is 47.4 Å². The molecule has 0 fully saturated rings. The summed E-state index contributed by atoms with van der Waals surface area (Å²) in [6.07, 6.45) is 0. The second kappa shape index (κ2) is 6.84. The van der Waals surface area contributed by atoms with Gasteiger partial charge in [-0.3, -0.25) is 4.79 Å². The van der Waals surface area contributed by atoms with Gasteiger partial charge >= 0.3 is 0 Å². The molecule has 23 heavy (non-hydrogen) atoms. The number of nitrogens with one attached hydrogen (secondary N) is 2. The molecule has 122 valence electrons. The minimum Gasteiger partial charge on any atom is -0.325 e. The largest absolute Gasteiger partial charge is 0.325 e. The number of rotatable bonds is 5. The van der Waals surface area contributed by atoms with E-state index in [4.69, 9.17) is 0 Å². The number of halogens is 2. The SMILES string of the molecule is Cc1cccc(NC(=O)CNS(=O)(=O)c2c(F)cccc2F)c1. The molecule has 2 aromatic carbocycles. The number of hydrogen-bond donors (Lipinski definition) is 2. The summed E-state index contributed by atoms with van der Waals surface area (Å²) < 4.78 is 52.7. The maximum absolute atomic E-state index is 13.5. The fourth-order valence-electron chi connectivity index (χ4n) is 1.90. The summed E-state index contributed by atoms with van der Waals surface area (Å²) >= 11 is 0. The van der Waals surface area contributed by atoms with E-state index in [1.54, 1.807) is 18.2 Å². The topological polar surface area (TPSA) is 75.3 Å². The first-order valence-corrected chi connectivity index (χ1v) is 8.08. The van der Waals surface area contributed by atoms with Crippen LogP contribution < -0.4 is 10.0 Å². The third-order valence-electron chi connectivity index (χ3n) is 2.91. The van der Waals surface area contributed by atoms with Crippen molar-refractivity contribution in [1.29, 1.82) is 0 Å². The summed E-state index contributed by atoms with van der Waals surface area (Å²) in [5, 5.41) is 2.48. The van der Waals surface area contributed by atoms with Gasteiger partial charge in [0.1, 0.15) is 11.6 Å². The first kappa shape index (κ1) is 17.0. The van der Waals surface area contributed by atoms with Gasteiger partial charge in [-0.1, -0.05) is 18.2 Å². The predicted molar refractivity (Wildman–Crippen MR) is 81.4 cm³/mol. The molecule has 2 rings (SSSR count). The van der Waals surface area contributed by atoms with Gasteiger partial charge in [-0.25, -0.2) is 21.9 Å². The Kier molecular flexibility index (Phi) is 5.07. The van der Waals surface area contributed by atoms with Crippen LogP contribution in [0.4, 0.5) is 14.5 Å². The van der Waals surface area contributed by atoms with E-state index >= 15 is 0 Å². The number of hydrogen-bond acceptors (Lipinski definition) is 3. The van der Waals surface area contributed by atoms with Crippen LogP contribution in [-0.4, -0.2) is 20.9 Å². The van der Waals surface area contributed by atoms with E-state index in [-0.39, 0.29) is 0 Å². The molecule has 0 aliphatic carbocycles. The van der Waals surface area contributed by atoms with E-state index in [9.17, 15) is 22.0 Å². The minimum atomic E-state index is -4.48. The van der Waals surface area contributed by atoms with Crippen LogP contribution in [0.25, 0.3) is 0 Å². The molecule has 0 radical (unpaired) electrons. The fraction of sp³-hybridized carbons (Fsp3) is 0.133. The van der Waals surface area contributed by atoms with Crippen molar-refractivity contribution in [3.8, 4) is 0 Å². The number of carbonyl (C=O) groups is 1. The molecule has 1 amide bonds. The van der Waals surface area contributed by atoms with E-state index in [0.717, 1.165) is 23.8 Å². The van der Waals surface area contributed by atoms with Gasteiger partial charge in [-0.15, -0.1) is 0 Å². The Bertz CT molecular complexity index is 818. The van der Waals surface area contributed by atoms with Crippen molar-refractivity contribution >= 4 is 21.6 Å². The Morgan fingerprint density at radius 2 is 1.70 bits per heavy atom. The minimum absolute atomic E-state index is 0.492. The lowest BCUT2D eigenvalue weighted by molar-refractivity contribution is -0.115. The van der Waals surface area contributed by atoms with Crippen molar-refractivity contribution in [1.82, 2.24) is 4.72 Å². The number of sulfonamides is 1. The highest BCUT2D eigenvalue weighted by molar-refractivity contribution is 7.89. The molecule has 0 saturated carbocycles. The molecule has 0 unspecified atom stereocenters. The van der Waals surface area contributed by atoms with Crippen LogP contribution in [0, 0.1) is 18.6 Å². The first-order valence-electron chi connectivity index (χ1n) is 6.60. The van der Waals surface area contributed by atoms with Gasteiger partial charge in [-0.2, -0.15) is 0 Å². The average molecular weight is 340 g/mol. The van der Waals surface area contributed by atoms with Gasteiger partial charge in [-0.05, 0) is 36.8 Å². The van der Waals surface area contributed by atoms with Crippen molar-refractivity contribution in [2.24, 2.45) is 0 Å². The maximum Gasteiger partial charge on any atom is 0.246 e. The number of anilines is 1. The van der Waals surface area contributed by atoms with Crippen molar-refractivity contribution in [3.63, 3.8) is 0 Å². The van der Waals surface area contributed by atoms with Crippen molar-refractivity contribution < 1.29 is 22.0 Å². The summed E-state index contributed by atoms with van der Waals surface area (Å²) in [7, 11) is -4.48. The molecule has 8 heteroatoms. The van der Waals surface area contributed by atoms with Gasteiger partial charge in [0.15, 0.2) is 4.90 Å². The molecule has 2 aromatic rings. The highest BCUT2D eigenvalue weighted by atomic mass is 32.2. The highest BCUT2D eigenvalue weighted by Crippen LogP contribution is 2.17. The maximum atomic E-state index is 13.5. The molecule has 0 aromatic heterocycles. The number of benzene rings is 2. The first-order chi connectivity index (χ1) is 10.8. The van der Waals surface area contributed by atoms with E-state index in [0.29, 0.717) is 5.69 Å². The van der Waals surface area contributed by atoms with Gasteiger partial charge in [0, 0.05) is 5.69 Å². The Morgan fingerprint density at radius 3 is 2.30 bits per heavy atom. The zero-order valence-corrected chi connectivity index (χ0v) is 13.0. The Hall–Kier alpha value is -2.32. The zero-order valence-electron chi connectivity index (χ0n) is 12.1. The fourth-order valence-corrected chi connectivity index (χ4v) is 3.01. The lowest BCUT2D eigenvalue weighted by atomic mass is 10.2. The molecule has 0 heterocycles. The standard InChI is InChI=1S/C15H14F2N2O3S/c1-10-4-2-5-11(8-10)19-14(20)9-18-23(21,22)15-12(16)6-3-7-13(15)17/h2-8,18H,9H2,1H3,(H,19,20). The van der Waals surface area contributed by atoms with Gasteiger partial charge in [0.05, 0.1) is 6.54 Å². The van der Waals surface area contributed by atoms with Crippen LogP contribution in [-0.2, 0) is 14.8 Å². The monoisotopic (exact) mass is 340 g/mol. The molecule has 0 saturated heterocycles. The van der Waals surface area contributed by atoms with E-state index < -0.39 is 39.0 Å². The Balaban J connectivity index is 2.06. The summed E-state index contributed by atoms with van der Waals surface area (Å²) in [4.78, 5) is 10.6. The summed E-state index contributed by atoms with van der Waals surface area (Å²) in [5.41, 5.74) is 1.41. The lowest BCUT2D eigenvalue weighted by Gasteiger charge is -2.09. The third-order valence-corrected chi connectivity index (χ3v) is 4.36. The van der Waals surface area contributed by atoms with E-state index in [1.807, 2.05) is 17.7 Å². The van der Waals surface area contributed by atoms with Crippen LogP contribution in [0.2, 0.25) is 0 Å². The molecular formula is C15H14F2N2O3S. The number of carbonyl (C=O) groups excluding carboxylic acids is 1. The second-order valence-electron chi connectivity index (χ2n) is 4.79. The molecule has 0 bridgehead atoms. The molecule has 0 atom stereocenters. The van der Waals surface area contributed by atoms with Crippen molar-refractivity contribution in [3.05, 3.63) is 59.7 Å². The highest BCUT2D eigenvalue weighted by Gasteiger charge is 2.24. The molecule has 5 nitrogen and oxygen atoms in total. The predicted octanol–water partition coefficient (Wildman–Crippen LogP) is 2.19. The Labute approximate surface area is 132 Å². The summed E-state index contributed by atoms with van der Waals surface area (Å²) in [6, 6.07) is 9.59. The van der Waals surface area contributed by atoms with Gasteiger partial charge in [0.25, 0.3) is 0 Å². The smallest absolute Gasteiger partial charge is 0.246 e. The van der Waals surface area contributed by atoms with Crippen molar-refractivity contribution in [2.75, 3.05) is 11.9 Å².